The van der Waals surface area contributed by atoms with Gasteiger partial charge in [0.2, 0.25) is 0 Å². The predicted octanol–water partition coefficient (Wildman–Crippen LogP) is 3.27. The fourth-order valence-electron chi connectivity index (χ4n) is 0.827. The molecule has 0 fully saturated rings. The standard InChI is InChI=1S/C8H7BrF3N/c9-5-2-1-3-6(8(5)12)13-4-7(10)11/h1-3,7,13H,4H2. The number of halogens is 4. The summed E-state index contributed by atoms with van der Waals surface area (Å²) >= 11 is 2.95. The van der Waals surface area contributed by atoms with E-state index in [9.17, 15) is 13.2 Å². The molecule has 72 valence electrons. The van der Waals surface area contributed by atoms with Crippen LogP contribution < -0.4 is 5.32 Å². The number of anilines is 1. The summed E-state index contributed by atoms with van der Waals surface area (Å²) in [6.07, 6.45) is -2.49. The Bertz CT molecular complexity index is 291. The molecule has 13 heavy (non-hydrogen) atoms. The first-order valence-electron chi connectivity index (χ1n) is 3.57. The zero-order valence-electron chi connectivity index (χ0n) is 6.53. The maximum atomic E-state index is 13.1. The first-order valence-corrected chi connectivity index (χ1v) is 4.36. The van der Waals surface area contributed by atoms with E-state index in [1.807, 2.05) is 0 Å². The van der Waals surface area contributed by atoms with Crippen molar-refractivity contribution in [2.45, 2.75) is 6.43 Å². The van der Waals surface area contributed by atoms with Crippen molar-refractivity contribution in [1.82, 2.24) is 0 Å². The van der Waals surface area contributed by atoms with E-state index in [0.717, 1.165) is 0 Å². The van der Waals surface area contributed by atoms with Crippen molar-refractivity contribution in [1.29, 1.82) is 0 Å². The average Bonchev–Trinajstić information content (AvgIpc) is 2.07. The molecule has 0 aliphatic heterocycles. The third-order valence-electron chi connectivity index (χ3n) is 1.40. The Morgan fingerprint density at radius 2 is 2.08 bits per heavy atom. The summed E-state index contributed by atoms with van der Waals surface area (Å²) in [4.78, 5) is 0. The largest absolute Gasteiger partial charge is 0.377 e. The van der Waals surface area contributed by atoms with E-state index in [4.69, 9.17) is 0 Å². The molecule has 1 aromatic rings. The van der Waals surface area contributed by atoms with Crippen molar-refractivity contribution in [3.63, 3.8) is 0 Å². The summed E-state index contributed by atoms with van der Waals surface area (Å²) in [5.74, 6) is -0.553. The van der Waals surface area contributed by atoms with Gasteiger partial charge in [0.05, 0.1) is 16.7 Å². The lowest BCUT2D eigenvalue weighted by Gasteiger charge is -2.07. The molecule has 0 unspecified atom stereocenters. The Balaban J connectivity index is 2.71. The zero-order valence-corrected chi connectivity index (χ0v) is 8.11. The van der Waals surface area contributed by atoms with Gasteiger partial charge in [-0.1, -0.05) is 6.07 Å². The van der Waals surface area contributed by atoms with Crippen LogP contribution in [0.5, 0.6) is 0 Å². The molecule has 0 spiro atoms. The molecule has 0 aliphatic rings. The lowest BCUT2D eigenvalue weighted by atomic mass is 10.3. The number of rotatable bonds is 3. The summed E-state index contributed by atoms with van der Waals surface area (Å²) in [5.41, 5.74) is 0.0784. The molecular weight excluding hydrogens is 247 g/mol. The molecule has 1 N–H and O–H groups in total. The summed E-state index contributed by atoms with van der Waals surface area (Å²) in [6, 6.07) is 4.48. The summed E-state index contributed by atoms with van der Waals surface area (Å²) in [6.45, 7) is -0.548. The third-order valence-corrected chi connectivity index (χ3v) is 2.01. The first-order chi connectivity index (χ1) is 6.11. The van der Waals surface area contributed by atoms with Crippen LogP contribution in [-0.2, 0) is 0 Å². The van der Waals surface area contributed by atoms with Gasteiger partial charge in [-0.15, -0.1) is 0 Å². The molecule has 1 rings (SSSR count). The SMILES string of the molecule is Fc1c(Br)cccc1NCC(F)F. The molecule has 0 bridgehead atoms. The Morgan fingerprint density at radius 3 is 2.69 bits per heavy atom. The van der Waals surface area contributed by atoms with Crippen molar-refractivity contribution in [2.24, 2.45) is 0 Å². The van der Waals surface area contributed by atoms with Gasteiger partial charge in [-0.3, -0.25) is 0 Å². The topological polar surface area (TPSA) is 12.0 Å². The van der Waals surface area contributed by atoms with E-state index in [2.05, 4.69) is 21.2 Å². The second kappa shape index (κ2) is 4.50. The van der Waals surface area contributed by atoms with Crippen LogP contribution in [0, 0.1) is 5.82 Å². The number of hydrogen-bond acceptors (Lipinski definition) is 1. The number of hydrogen-bond donors (Lipinski definition) is 1. The predicted molar refractivity (Wildman–Crippen MR) is 48.6 cm³/mol. The van der Waals surface area contributed by atoms with Crippen molar-refractivity contribution < 1.29 is 13.2 Å². The van der Waals surface area contributed by atoms with Crippen molar-refractivity contribution in [3.8, 4) is 0 Å². The van der Waals surface area contributed by atoms with E-state index in [0.29, 0.717) is 0 Å². The molecule has 0 amide bonds. The minimum absolute atomic E-state index is 0.0784. The van der Waals surface area contributed by atoms with E-state index in [-0.39, 0.29) is 10.2 Å². The maximum Gasteiger partial charge on any atom is 0.255 e. The van der Waals surface area contributed by atoms with E-state index >= 15 is 0 Å². The molecule has 5 heteroatoms. The highest BCUT2D eigenvalue weighted by Gasteiger charge is 2.07. The van der Waals surface area contributed by atoms with Gasteiger partial charge in [0, 0.05) is 0 Å². The van der Waals surface area contributed by atoms with Crippen LogP contribution in [0.1, 0.15) is 0 Å². The Labute approximate surface area is 82.1 Å². The highest BCUT2D eigenvalue weighted by Crippen LogP contribution is 2.22. The second-order valence-corrected chi connectivity index (χ2v) is 3.23. The lowest BCUT2D eigenvalue weighted by molar-refractivity contribution is 0.163. The highest BCUT2D eigenvalue weighted by atomic mass is 79.9. The van der Waals surface area contributed by atoms with Crippen LogP contribution in [-0.4, -0.2) is 13.0 Å². The van der Waals surface area contributed by atoms with Crippen LogP contribution >= 0.6 is 15.9 Å². The van der Waals surface area contributed by atoms with Gasteiger partial charge in [-0.05, 0) is 28.1 Å². The van der Waals surface area contributed by atoms with Crippen molar-refractivity contribution in [3.05, 3.63) is 28.5 Å². The smallest absolute Gasteiger partial charge is 0.255 e. The lowest BCUT2D eigenvalue weighted by Crippen LogP contribution is -2.11. The monoisotopic (exact) mass is 253 g/mol. The summed E-state index contributed by atoms with van der Waals surface area (Å²) < 4.78 is 36.9. The summed E-state index contributed by atoms with van der Waals surface area (Å²) in [7, 11) is 0. The molecule has 1 aromatic carbocycles. The van der Waals surface area contributed by atoms with Crippen molar-refractivity contribution in [2.75, 3.05) is 11.9 Å². The quantitative estimate of drug-likeness (QED) is 0.872. The first kappa shape index (κ1) is 10.4. The van der Waals surface area contributed by atoms with Gasteiger partial charge < -0.3 is 5.32 Å². The number of alkyl halides is 2. The van der Waals surface area contributed by atoms with Crippen LogP contribution in [0.4, 0.5) is 18.9 Å². The van der Waals surface area contributed by atoms with E-state index in [1.165, 1.54) is 12.1 Å². The zero-order chi connectivity index (χ0) is 9.84. The molecule has 0 saturated carbocycles. The molecular formula is C8H7BrF3N. The molecule has 0 saturated heterocycles. The van der Waals surface area contributed by atoms with Gasteiger partial charge in [0.25, 0.3) is 6.43 Å². The van der Waals surface area contributed by atoms with Gasteiger partial charge in [-0.25, -0.2) is 13.2 Å². The molecule has 0 atom stereocenters. The van der Waals surface area contributed by atoms with Gasteiger partial charge in [0.15, 0.2) is 5.82 Å². The molecule has 0 aliphatic carbocycles. The van der Waals surface area contributed by atoms with Gasteiger partial charge in [0.1, 0.15) is 0 Å². The Hall–Kier alpha value is -0.710. The maximum absolute atomic E-state index is 13.1. The average molecular weight is 254 g/mol. The Kier molecular flexibility index (Phi) is 3.59. The minimum Gasteiger partial charge on any atom is -0.377 e. The van der Waals surface area contributed by atoms with Crippen molar-refractivity contribution >= 4 is 21.6 Å². The van der Waals surface area contributed by atoms with Crippen LogP contribution in [0.2, 0.25) is 0 Å². The van der Waals surface area contributed by atoms with Gasteiger partial charge in [-0.2, -0.15) is 0 Å². The fourth-order valence-corrected chi connectivity index (χ4v) is 1.19. The fraction of sp³-hybridized carbons (Fsp3) is 0.250. The minimum atomic E-state index is -2.49. The van der Waals surface area contributed by atoms with E-state index in [1.54, 1.807) is 6.07 Å². The van der Waals surface area contributed by atoms with Crippen LogP contribution in [0.15, 0.2) is 22.7 Å². The number of benzene rings is 1. The van der Waals surface area contributed by atoms with Gasteiger partial charge >= 0.3 is 0 Å². The normalized spacial score (nSPS) is 10.5. The highest BCUT2D eigenvalue weighted by molar-refractivity contribution is 9.10. The molecule has 0 aromatic heterocycles. The number of nitrogens with one attached hydrogen (secondary N) is 1. The molecule has 0 radical (unpaired) electrons. The molecule has 0 heterocycles. The molecule has 1 nitrogen and oxygen atoms in total. The Morgan fingerprint density at radius 1 is 1.38 bits per heavy atom. The van der Waals surface area contributed by atoms with E-state index < -0.39 is 18.8 Å². The summed E-state index contributed by atoms with van der Waals surface area (Å²) in [5, 5.41) is 2.30. The van der Waals surface area contributed by atoms with Crippen LogP contribution in [0.25, 0.3) is 0 Å². The third kappa shape index (κ3) is 2.91. The van der Waals surface area contributed by atoms with Crippen LogP contribution in [0.3, 0.4) is 0 Å². The second-order valence-electron chi connectivity index (χ2n) is 2.37.